The molecule has 0 fully saturated rings. The lowest BCUT2D eigenvalue weighted by Gasteiger charge is -2.05. The Kier molecular flexibility index (Phi) is 4.07. The Morgan fingerprint density at radius 1 is 1.00 bits per heavy atom. The van der Waals surface area contributed by atoms with Gasteiger partial charge in [-0.25, -0.2) is 0 Å². The molecular formula is C15H16N2O. The third-order valence-electron chi connectivity index (χ3n) is 2.72. The van der Waals surface area contributed by atoms with Crippen LogP contribution in [0.15, 0.2) is 48.8 Å². The first-order valence-corrected chi connectivity index (χ1v) is 5.95. The molecule has 0 radical (unpaired) electrons. The van der Waals surface area contributed by atoms with Crippen molar-refractivity contribution in [1.29, 1.82) is 0 Å². The molecule has 0 saturated heterocycles. The molecule has 18 heavy (non-hydrogen) atoms. The number of rotatable bonds is 4. The number of pyridine rings is 1. The van der Waals surface area contributed by atoms with E-state index in [0.717, 1.165) is 12.0 Å². The van der Waals surface area contributed by atoms with Crippen LogP contribution in [0.25, 0.3) is 0 Å². The quantitative estimate of drug-likeness (QED) is 0.891. The zero-order valence-corrected chi connectivity index (χ0v) is 10.4. The summed E-state index contributed by atoms with van der Waals surface area (Å²) in [6, 6.07) is 12.3. The minimum atomic E-state index is -0.00383. The average molecular weight is 240 g/mol. The van der Waals surface area contributed by atoms with Gasteiger partial charge in [-0.1, -0.05) is 24.3 Å². The van der Waals surface area contributed by atoms with Crippen LogP contribution >= 0.6 is 0 Å². The SMILES string of the molecule is CC(=O)NCc1ccc(Cc2ccncc2)cc1. The van der Waals surface area contributed by atoms with E-state index in [-0.39, 0.29) is 5.91 Å². The Bertz CT molecular complexity index is 506. The molecule has 0 unspecified atom stereocenters. The molecule has 1 N–H and O–H groups in total. The van der Waals surface area contributed by atoms with Crippen molar-refractivity contribution in [2.24, 2.45) is 0 Å². The van der Waals surface area contributed by atoms with Gasteiger partial charge in [-0.15, -0.1) is 0 Å². The molecule has 1 amide bonds. The van der Waals surface area contributed by atoms with Gasteiger partial charge in [0.1, 0.15) is 0 Å². The van der Waals surface area contributed by atoms with Gasteiger partial charge in [0.25, 0.3) is 0 Å². The van der Waals surface area contributed by atoms with Crippen molar-refractivity contribution >= 4 is 5.91 Å². The highest BCUT2D eigenvalue weighted by Gasteiger charge is 1.98. The average Bonchev–Trinajstić information content (AvgIpc) is 2.39. The van der Waals surface area contributed by atoms with Gasteiger partial charge in [0, 0.05) is 25.9 Å². The number of benzene rings is 1. The Balaban J connectivity index is 1.97. The fraction of sp³-hybridized carbons (Fsp3) is 0.200. The molecule has 3 heteroatoms. The number of amides is 1. The van der Waals surface area contributed by atoms with E-state index >= 15 is 0 Å². The molecule has 0 bridgehead atoms. The van der Waals surface area contributed by atoms with Crippen LogP contribution < -0.4 is 5.32 Å². The highest BCUT2D eigenvalue weighted by atomic mass is 16.1. The second-order valence-electron chi connectivity index (χ2n) is 4.26. The van der Waals surface area contributed by atoms with Gasteiger partial charge >= 0.3 is 0 Å². The van der Waals surface area contributed by atoms with Gasteiger partial charge in [0.05, 0.1) is 0 Å². The topological polar surface area (TPSA) is 42.0 Å². The standard InChI is InChI=1S/C15H16N2O/c1-12(18)17-11-15-4-2-13(3-5-15)10-14-6-8-16-9-7-14/h2-9H,10-11H2,1H3,(H,17,18). The molecule has 0 spiro atoms. The van der Waals surface area contributed by atoms with E-state index in [1.165, 1.54) is 18.1 Å². The maximum absolute atomic E-state index is 10.8. The van der Waals surface area contributed by atoms with Crippen molar-refractivity contribution in [3.05, 3.63) is 65.5 Å². The lowest BCUT2D eigenvalue weighted by molar-refractivity contribution is -0.119. The third kappa shape index (κ3) is 3.70. The highest BCUT2D eigenvalue weighted by molar-refractivity contribution is 5.72. The Morgan fingerprint density at radius 2 is 1.56 bits per heavy atom. The van der Waals surface area contributed by atoms with Crippen molar-refractivity contribution in [3.8, 4) is 0 Å². The Hall–Kier alpha value is -2.16. The normalized spacial score (nSPS) is 10.1. The molecule has 3 nitrogen and oxygen atoms in total. The number of aromatic nitrogens is 1. The zero-order chi connectivity index (χ0) is 12.8. The van der Waals surface area contributed by atoms with Crippen LogP contribution in [0.2, 0.25) is 0 Å². The first kappa shape index (κ1) is 12.3. The van der Waals surface area contributed by atoms with Crippen LogP contribution in [0.4, 0.5) is 0 Å². The van der Waals surface area contributed by atoms with E-state index in [1.807, 2.05) is 24.3 Å². The minimum Gasteiger partial charge on any atom is -0.352 e. The van der Waals surface area contributed by atoms with Crippen LogP contribution in [0.5, 0.6) is 0 Å². The van der Waals surface area contributed by atoms with Crippen LogP contribution in [0.3, 0.4) is 0 Å². The minimum absolute atomic E-state index is 0.00383. The summed E-state index contributed by atoms with van der Waals surface area (Å²) in [6.07, 6.45) is 4.52. The molecule has 1 heterocycles. The highest BCUT2D eigenvalue weighted by Crippen LogP contribution is 2.10. The van der Waals surface area contributed by atoms with Crippen molar-refractivity contribution in [3.63, 3.8) is 0 Å². The van der Waals surface area contributed by atoms with Crippen molar-refractivity contribution in [2.45, 2.75) is 19.9 Å². The molecule has 1 aromatic heterocycles. The zero-order valence-electron chi connectivity index (χ0n) is 10.4. The van der Waals surface area contributed by atoms with Crippen LogP contribution in [-0.2, 0) is 17.8 Å². The van der Waals surface area contributed by atoms with Crippen molar-refractivity contribution < 1.29 is 4.79 Å². The monoisotopic (exact) mass is 240 g/mol. The van der Waals surface area contributed by atoms with E-state index in [1.54, 1.807) is 12.4 Å². The van der Waals surface area contributed by atoms with Crippen LogP contribution in [0, 0.1) is 0 Å². The second-order valence-corrected chi connectivity index (χ2v) is 4.26. The molecule has 0 saturated carbocycles. The number of nitrogens with one attached hydrogen (secondary N) is 1. The lowest BCUT2D eigenvalue weighted by Crippen LogP contribution is -2.18. The molecule has 1 aromatic carbocycles. The number of hydrogen-bond acceptors (Lipinski definition) is 2. The third-order valence-corrected chi connectivity index (χ3v) is 2.72. The van der Waals surface area contributed by atoms with Crippen LogP contribution in [0.1, 0.15) is 23.6 Å². The van der Waals surface area contributed by atoms with E-state index in [9.17, 15) is 4.79 Å². The first-order chi connectivity index (χ1) is 8.74. The van der Waals surface area contributed by atoms with E-state index in [4.69, 9.17) is 0 Å². The molecule has 92 valence electrons. The number of carbonyl (C=O) groups excluding carboxylic acids is 1. The molecule has 0 aliphatic heterocycles. The summed E-state index contributed by atoms with van der Waals surface area (Å²) < 4.78 is 0. The van der Waals surface area contributed by atoms with Gasteiger partial charge in [0.2, 0.25) is 5.91 Å². The van der Waals surface area contributed by atoms with Crippen molar-refractivity contribution in [1.82, 2.24) is 10.3 Å². The summed E-state index contributed by atoms with van der Waals surface area (Å²) in [7, 11) is 0. The van der Waals surface area contributed by atoms with E-state index in [2.05, 4.69) is 22.4 Å². The molecular weight excluding hydrogens is 224 g/mol. The van der Waals surface area contributed by atoms with Gasteiger partial charge in [-0.05, 0) is 35.2 Å². The summed E-state index contributed by atoms with van der Waals surface area (Å²) in [5.74, 6) is -0.00383. The Labute approximate surface area is 107 Å². The summed E-state index contributed by atoms with van der Waals surface area (Å²) in [4.78, 5) is 14.8. The van der Waals surface area contributed by atoms with E-state index < -0.39 is 0 Å². The molecule has 2 rings (SSSR count). The fourth-order valence-electron chi connectivity index (χ4n) is 1.74. The maximum Gasteiger partial charge on any atom is 0.217 e. The summed E-state index contributed by atoms with van der Waals surface area (Å²) >= 11 is 0. The van der Waals surface area contributed by atoms with Gasteiger partial charge in [-0.2, -0.15) is 0 Å². The number of hydrogen-bond donors (Lipinski definition) is 1. The van der Waals surface area contributed by atoms with Gasteiger partial charge < -0.3 is 5.32 Å². The van der Waals surface area contributed by atoms with Gasteiger partial charge in [-0.3, -0.25) is 9.78 Å². The lowest BCUT2D eigenvalue weighted by atomic mass is 10.0. The molecule has 2 aromatic rings. The second kappa shape index (κ2) is 5.96. The van der Waals surface area contributed by atoms with E-state index in [0.29, 0.717) is 6.54 Å². The molecule has 0 atom stereocenters. The predicted octanol–water partition coefficient (Wildman–Crippen LogP) is 2.31. The summed E-state index contributed by atoms with van der Waals surface area (Å²) in [5, 5.41) is 2.78. The maximum atomic E-state index is 10.8. The Morgan fingerprint density at radius 3 is 2.17 bits per heavy atom. The smallest absolute Gasteiger partial charge is 0.217 e. The molecule has 0 aliphatic rings. The number of carbonyl (C=O) groups is 1. The molecule has 0 aliphatic carbocycles. The number of nitrogens with zero attached hydrogens (tertiary/aromatic N) is 1. The first-order valence-electron chi connectivity index (χ1n) is 5.95. The van der Waals surface area contributed by atoms with Crippen molar-refractivity contribution in [2.75, 3.05) is 0 Å². The summed E-state index contributed by atoms with van der Waals surface area (Å²) in [5.41, 5.74) is 3.62. The van der Waals surface area contributed by atoms with Gasteiger partial charge in [0.15, 0.2) is 0 Å². The largest absolute Gasteiger partial charge is 0.352 e. The fourth-order valence-corrected chi connectivity index (χ4v) is 1.74. The van der Waals surface area contributed by atoms with Crippen LogP contribution in [-0.4, -0.2) is 10.9 Å². The summed E-state index contributed by atoms with van der Waals surface area (Å²) in [6.45, 7) is 2.11. The predicted molar refractivity (Wildman–Crippen MR) is 71.0 cm³/mol.